The highest BCUT2D eigenvalue weighted by Gasteiger charge is 2.23. The van der Waals surface area contributed by atoms with Gasteiger partial charge in [-0.2, -0.15) is 0 Å². The summed E-state index contributed by atoms with van der Waals surface area (Å²) in [5, 5.41) is 20.8. The summed E-state index contributed by atoms with van der Waals surface area (Å²) in [5.41, 5.74) is 5.58. The molecule has 0 unspecified atom stereocenters. The van der Waals surface area contributed by atoms with Crippen LogP contribution in [0.4, 0.5) is 0 Å². The number of cyclic esters (lactones) is 1. The van der Waals surface area contributed by atoms with E-state index in [1.165, 1.54) is 6.07 Å². The highest BCUT2D eigenvalue weighted by molar-refractivity contribution is 5.97. The third kappa shape index (κ3) is 6.87. The first kappa shape index (κ1) is 24.8. The highest BCUT2D eigenvalue weighted by atomic mass is 16.6. The summed E-state index contributed by atoms with van der Waals surface area (Å²) >= 11 is 0. The molecular weight excluding hydrogens is 454 g/mol. The van der Waals surface area contributed by atoms with Crippen LogP contribution < -0.4 is 5.48 Å². The molecule has 3 aromatic carbocycles. The van der Waals surface area contributed by atoms with Crippen LogP contribution in [0.5, 0.6) is 11.5 Å². The number of hydrogen-bond acceptors (Lipinski definition) is 6. The molecule has 0 radical (unpaired) electrons. The molecule has 1 aliphatic heterocycles. The number of fused-ring (bicyclic) bond motifs is 1. The maximum Gasteiger partial charge on any atom is 0.343 e. The number of nitrogens with one attached hydrogen (secondary N) is 1. The van der Waals surface area contributed by atoms with Crippen molar-refractivity contribution in [2.24, 2.45) is 0 Å². The second-order valence-corrected chi connectivity index (χ2v) is 8.40. The van der Waals surface area contributed by atoms with Gasteiger partial charge in [-0.3, -0.25) is 10.3 Å². The Labute approximate surface area is 210 Å². The van der Waals surface area contributed by atoms with Crippen molar-refractivity contribution in [3.05, 3.63) is 125 Å². The zero-order valence-electron chi connectivity index (χ0n) is 19.8. The van der Waals surface area contributed by atoms with Gasteiger partial charge >= 0.3 is 5.97 Å². The van der Waals surface area contributed by atoms with Gasteiger partial charge in [0, 0.05) is 12.5 Å². The number of hydroxylamine groups is 1. The molecule has 6 nitrogen and oxygen atoms in total. The van der Waals surface area contributed by atoms with Gasteiger partial charge in [-0.05, 0) is 47.8 Å². The number of aromatic hydroxyl groups is 2. The second kappa shape index (κ2) is 12.4. The molecule has 3 aromatic rings. The predicted molar refractivity (Wildman–Crippen MR) is 139 cm³/mol. The van der Waals surface area contributed by atoms with E-state index in [0.29, 0.717) is 24.3 Å². The first-order valence-corrected chi connectivity index (χ1v) is 11.9. The number of rotatable bonds is 5. The van der Waals surface area contributed by atoms with Gasteiger partial charge in [-0.25, -0.2) is 4.79 Å². The Balaban J connectivity index is 1.66. The number of ether oxygens (including phenoxy) is 1. The third-order valence-corrected chi connectivity index (χ3v) is 5.65. The maximum atomic E-state index is 13.3. The summed E-state index contributed by atoms with van der Waals surface area (Å²) < 4.78 is 5.87. The van der Waals surface area contributed by atoms with E-state index in [1.54, 1.807) is 6.08 Å². The molecule has 0 bridgehead atoms. The first-order chi connectivity index (χ1) is 17.6. The Morgan fingerprint density at radius 2 is 1.64 bits per heavy atom. The van der Waals surface area contributed by atoms with E-state index in [0.717, 1.165) is 30.0 Å². The number of benzene rings is 3. The molecule has 0 amide bonds. The lowest BCUT2D eigenvalue weighted by atomic mass is 10.0. The minimum Gasteiger partial charge on any atom is -0.508 e. The van der Waals surface area contributed by atoms with E-state index in [9.17, 15) is 15.0 Å². The van der Waals surface area contributed by atoms with Crippen LogP contribution in [-0.4, -0.2) is 16.2 Å². The van der Waals surface area contributed by atoms with Crippen LogP contribution in [0.25, 0.3) is 6.08 Å². The van der Waals surface area contributed by atoms with E-state index in [1.807, 2.05) is 78.9 Å². The van der Waals surface area contributed by atoms with Gasteiger partial charge in [-0.15, -0.1) is 0 Å². The van der Waals surface area contributed by atoms with Crippen LogP contribution in [0, 0.1) is 0 Å². The summed E-state index contributed by atoms with van der Waals surface area (Å²) in [4.78, 5) is 19.0. The van der Waals surface area contributed by atoms with Crippen LogP contribution in [0.15, 0.2) is 103 Å². The number of carbonyl (C=O) groups excluding carboxylic acids is 1. The summed E-state index contributed by atoms with van der Waals surface area (Å²) in [6.45, 7) is 0.327. The van der Waals surface area contributed by atoms with Crippen LogP contribution in [0.1, 0.15) is 52.4 Å². The Kier molecular flexibility index (Phi) is 8.57. The fourth-order valence-electron chi connectivity index (χ4n) is 3.87. The molecule has 0 fully saturated rings. The normalized spacial score (nSPS) is 18.7. The molecule has 4 rings (SSSR count). The first-order valence-electron chi connectivity index (χ1n) is 11.9. The fraction of sp³-hybridized carbons (Fsp3) is 0.167. The van der Waals surface area contributed by atoms with Gasteiger partial charge in [0.25, 0.3) is 0 Å². The van der Waals surface area contributed by atoms with Gasteiger partial charge in [0.15, 0.2) is 0 Å². The molecule has 0 saturated carbocycles. The van der Waals surface area contributed by atoms with Crippen molar-refractivity contribution in [3.63, 3.8) is 0 Å². The number of carbonyl (C=O) groups is 1. The molecule has 1 aliphatic rings. The fourth-order valence-corrected chi connectivity index (χ4v) is 3.87. The Morgan fingerprint density at radius 1 is 0.917 bits per heavy atom. The van der Waals surface area contributed by atoms with Gasteiger partial charge < -0.3 is 14.9 Å². The van der Waals surface area contributed by atoms with E-state index < -0.39 is 12.1 Å². The van der Waals surface area contributed by atoms with Crippen LogP contribution in [0.3, 0.4) is 0 Å². The van der Waals surface area contributed by atoms with Gasteiger partial charge in [0.2, 0.25) is 0 Å². The van der Waals surface area contributed by atoms with Crippen molar-refractivity contribution in [2.75, 3.05) is 0 Å². The number of hydrogen-bond donors (Lipinski definition) is 3. The topological polar surface area (TPSA) is 88.0 Å². The molecule has 0 saturated heterocycles. The maximum absolute atomic E-state index is 13.3. The Bertz CT molecular complexity index is 1250. The van der Waals surface area contributed by atoms with Crippen molar-refractivity contribution in [2.45, 2.75) is 32.0 Å². The summed E-state index contributed by atoms with van der Waals surface area (Å²) in [5.74, 6) is -1.23. The molecular formula is C30H29NO5. The zero-order valence-corrected chi connectivity index (χ0v) is 19.8. The smallest absolute Gasteiger partial charge is 0.343 e. The van der Waals surface area contributed by atoms with Crippen molar-refractivity contribution < 1.29 is 24.6 Å². The quantitative estimate of drug-likeness (QED) is 0.223. The monoisotopic (exact) mass is 483 g/mol. The Morgan fingerprint density at radius 3 is 2.42 bits per heavy atom. The molecule has 1 atom stereocenters. The van der Waals surface area contributed by atoms with Gasteiger partial charge in [-0.1, -0.05) is 78.9 Å². The summed E-state index contributed by atoms with van der Waals surface area (Å²) in [6, 6.07) is 21.7. The van der Waals surface area contributed by atoms with Crippen LogP contribution >= 0.6 is 0 Å². The lowest BCUT2D eigenvalue weighted by Crippen LogP contribution is -2.15. The number of allylic oxidation sites excluding steroid dienone is 3. The van der Waals surface area contributed by atoms with E-state index >= 15 is 0 Å². The number of phenols is 2. The zero-order chi connectivity index (χ0) is 25.2. The van der Waals surface area contributed by atoms with Gasteiger partial charge in [0.1, 0.15) is 23.2 Å². The predicted octanol–water partition coefficient (Wildman–Crippen LogP) is 6.35. The molecule has 6 heteroatoms. The third-order valence-electron chi connectivity index (χ3n) is 5.65. The van der Waals surface area contributed by atoms with E-state index in [-0.39, 0.29) is 17.1 Å². The molecule has 184 valence electrons. The molecule has 3 N–H and O–H groups in total. The van der Waals surface area contributed by atoms with Gasteiger partial charge in [0.05, 0.1) is 12.3 Å². The standard InChI is InChI=1S/C30H29NO5/c32-26-19-24-18-25(31-35-21-22-12-6-4-7-13-22)16-10-2-1-3-11-17-28(23-14-8-5-9-15-23)36-30(34)29(24)27(33)20-26/h3-16,18-20,28,31-33H,1-2,17,21H2/b11-3?,16-10+,25-18-/t28-/m0/s1. The summed E-state index contributed by atoms with van der Waals surface area (Å²) in [6.07, 6.45) is 11.1. The lowest BCUT2D eigenvalue weighted by molar-refractivity contribution is 0.0299. The highest BCUT2D eigenvalue weighted by Crippen LogP contribution is 2.32. The Hall–Kier alpha value is -4.29. The van der Waals surface area contributed by atoms with Crippen molar-refractivity contribution >= 4 is 12.0 Å². The minimum absolute atomic E-state index is 0.0365. The second-order valence-electron chi connectivity index (χ2n) is 8.40. The lowest BCUT2D eigenvalue weighted by Gasteiger charge is -2.19. The largest absolute Gasteiger partial charge is 0.508 e. The van der Waals surface area contributed by atoms with E-state index in [4.69, 9.17) is 9.57 Å². The number of phenolic OH excluding ortho intramolecular Hbond substituents is 2. The molecule has 0 aliphatic carbocycles. The van der Waals surface area contributed by atoms with Crippen molar-refractivity contribution in [1.29, 1.82) is 0 Å². The number of esters is 1. The van der Waals surface area contributed by atoms with Crippen LogP contribution in [0.2, 0.25) is 0 Å². The summed E-state index contributed by atoms with van der Waals surface area (Å²) in [7, 11) is 0. The molecule has 0 aromatic heterocycles. The molecule has 36 heavy (non-hydrogen) atoms. The average molecular weight is 484 g/mol. The van der Waals surface area contributed by atoms with E-state index in [2.05, 4.69) is 11.6 Å². The SMILES string of the molecule is O=C1O[C@H](c2ccccc2)CC=CCC/C=C/C(NOCc2ccccc2)=C/c2cc(O)cc(O)c21. The van der Waals surface area contributed by atoms with Crippen LogP contribution in [-0.2, 0) is 16.2 Å². The molecule has 0 spiro atoms. The average Bonchev–Trinajstić information content (AvgIpc) is 2.87. The van der Waals surface area contributed by atoms with Crippen molar-refractivity contribution in [1.82, 2.24) is 5.48 Å². The van der Waals surface area contributed by atoms with Crippen molar-refractivity contribution in [3.8, 4) is 11.5 Å². The molecule has 1 heterocycles. The minimum atomic E-state index is -0.688.